The minimum Gasteiger partial charge on any atom is -0.333 e. The minimum absolute atomic E-state index is 0.00911. The largest absolute Gasteiger partial charge is 0.333 e. The van der Waals surface area contributed by atoms with Gasteiger partial charge < -0.3 is 13.7 Å². The van der Waals surface area contributed by atoms with Gasteiger partial charge in [0.1, 0.15) is 0 Å². The molecule has 0 bridgehead atoms. The van der Waals surface area contributed by atoms with E-state index >= 15 is 0 Å². The number of para-hydroxylation sites is 4. The van der Waals surface area contributed by atoms with Crippen LogP contribution in [0.4, 0.5) is 0 Å². The first-order valence-corrected chi connectivity index (χ1v) is 22.8. The van der Waals surface area contributed by atoms with Crippen molar-refractivity contribution in [3.05, 3.63) is 198 Å². The Hall–Kier alpha value is -7.10. The van der Waals surface area contributed by atoms with Gasteiger partial charge in [-0.1, -0.05) is 137 Å². The Kier molecular flexibility index (Phi) is 6.93. The number of nitrogens with zero attached hydrogens (tertiary/aromatic N) is 3. The summed E-state index contributed by atoms with van der Waals surface area (Å²) in [5.41, 5.74) is 21.4. The summed E-state index contributed by atoms with van der Waals surface area (Å²) in [4.78, 5) is 0. The van der Waals surface area contributed by atoms with Crippen molar-refractivity contribution in [1.29, 1.82) is 0 Å². The molecule has 10 aromatic rings. The SMILES string of the molecule is CC1(C)C2=C(CCC=C2)c2cc3c4cc5c(cc4n(C4C=C(n6c7ccccc7c7ccccc76)C=C(n6c7ccccc7c7ccccc76)C4)c3cc21)C(C)(C)c1ccccc1-5. The van der Waals surface area contributed by atoms with E-state index in [1.165, 1.54) is 121 Å². The lowest BCUT2D eigenvalue weighted by Gasteiger charge is -2.28. The van der Waals surface area contributed by atoms with Gasteiger partial charge in [0.2, 0.25) is 0 Å². The Morgan fingerprint density at radius 2 is 1.00 bits per heavy atom. The smallest absolute Gasteiger partial charge is 0.0600 e. The average Bonchev–Trinajstić information content (AvgIpc) is 4.05. The van der Waals surface area contributed by atoms with Gasteiger partial charge in [-0.15, -0.1) is 0 Å². The summed E-state index contributed by atoms with van der Waals surface area (Å²) in [5, 5.41) is 7.83. The third kappa shape index (κ3) is 4.59. The van der Waals surface area contributed by atoms with Crippen LogP contribution in [0.15, 0.2) is 175 Å². The van der Waals surface area contributed by atoms with Gasteiger partial charge in [0.05, 0.1) is 39.1 Å². The predicted molar refractivity (Wildman–Crippen MR) is 266 cm³/mol. The van der Waals surface area contributed by atoms with Crippen LogP contribution in [0.1, 0.15) is 75.3 Å². The predicted octanol–water partition coefficient (Wildman–Crippen LogP) is 15.7. The van der Waals surface area contributed by atoms with E-state index < -0.39 is 0 Å². The first kappa shape index (κ1) is 35.5. The highest BCUT2D eigenvalue weighted by atomic mass is 15.1. The van der Waals surface area contributed by atoms with Crippen LogP contribution >= 0.6 is 0 Å². The number of aromatic nitrogens is 3. The van der Waals surface area contributed by atoms with Gasteiger partial charge in [0.15, 0.2) is 0 Å². The van der Waals surface area contributed by atoms with Crippen LogP contribution < -0.4 is 0 Å². The molecular weight excluding hydrogens is 763 g/mol. The molecule has 3 nitrogen and oxygen atoms in total. The zero-order valence-corrected chi connectivity index (χ0v) is 36.2. The maximum atomic E-state index is 2.75. The molecule has 0 amide bonds. The molecule has 0 fully saturated rings. The van der Waals surface area contributed by atoms with Crippen LogP contribution in [0.25, 0.3) is 93.5 Å². The van der Waals surface area contributed by atoms with Crippen molar-refractivity contribution >= 4 is 82.4 Å². The monoisotopic (exact) mass is 809 g/mol. The number of fused-ring (bicyclic) bond motifs is 14. The third-order valence-corrected chi connectivity index (χ3v) is 15.6. The van der Waals surface area contributed by atoms with E-state index in [4.69, 9.17) is 0 Å². The van der Waals surface area contributed by atoms with Crippen LogP contribution in [0.3, 0.4) is 0 Å². The summed E-state index contributed by atoms with van der Waals surface area (Å²) in [6.45, 7) is 9.73. The summed E-state index contributed by atoms with van der Waals surface area (Å²) < 4.78 is 7.85. The van der Waals surface area contributed by atoms with Gasteiger partial charge in [-0.05, 0) is 118 Å². The van der Waals surface area contributed by atoms with E-state index in [2.05, 4.69) is 211 Å². The molecule has 14 rings (SSSR count). The highest BCUT2D eigenvalue weighted by Crippen LogP contribution is 2.55. The van der Waals surface area contributed by atoms with Crippen molar-refractivity contribution in [3.63, 3.8) is 0 Å². The molecule has 1 unspecified atom stereocenters. The Balaban J connectivity index is 1.10. The standard InChI is InChI=1S/C60H47N3/c1-59(2)49-23-11-5-17-39(49)45-32-47-48-33-46-40-18-6-12-24-50(40)60(3,4)52(46)35-58(48)63(57(47)34-51(45)59)38-30-36(61-53-25-13-7-19-41(53)42-20-8-14-26-54(42)61)29-37(31-38)62-55-27-15-9-21-43(55)44-22-10-16-28-56(44)62/h5,7-17,19-30,32-35,38H,6,18,31H2,1-4H3. The second-order valence-corrected chi connectivity index (χ2v) is 19.6. The van der Waals surface area contributed by atoms with Crippen molar-refractivity contribution in [2.24, 2.45) is 0 Å². The number of hydrogen-bond donors (Lipinski definition) is 0. The van der Waals surface area contributed by atoms with E-state index in [0.29, 0.717) is 0 Å². The molecule has 7 aromatic carbocycles. The summed E-state index contributed by atoms with van der Waals surface area (Å²) in [7, 11) is 0. The molecule has 0 radical (unpaired) electrons. The highest BCUT2D eigenvalue weighted by Gasteiger charge is 2.40. The van der Waals surface area contributed by atoms with Crippen molar-refractivity contribution in [1.82, 2.24) is 13.7 Å². The molecule has 302 valence electrons. The second kappa shape index (κ2) is 12.3. The van der Waals surface area contributed by atoms with Gasteiger partial charge in [0.25, 0.3) is 0 Å². The van der Waals surface area contributed by atoms with Gasteiger partial charge in [-0.2, -0.15) is 0 Å². The lowest BCUT2D eigenvalue weighted by atomic mass is 9.80. The molecule has 0 aliphatic heterocycles. The quantitative estimate of drug-likeness (QED) is 0.169. The van der Waals surface area contributed by atoms with Gasteiger partial charge in [0, 0.05) is 61.0 Å². The third-order valence-electron chi connectivity index (χ3n) is 15.6. The summed E-state index contributed by atoms with van der Waals surface area (Å²) in [5.74, 6) is 0. The van der Waals surface area contributed by atoms with Crippen molar-refractivity contribution in [3.8, 4) is 11.1 Å². The van der Waals surface area contributed by atoms with Crippen molar-refractivity contribution < 1.29 is 0 Å². The number of rotatable bonds is 3. The van der Waals surface area contributed by atoms with Crippen LogP contribution in [0.5, 0.6) is 0 Å². The molecular formula is C60H47N3. The number of benzene rings is 7. The molecule has 0 saturated heterocycles. The minimum atomic E-state index is -0.121. The van der Waals surface area contributed by atoms with E-state index in [0.717, 1.165) is 19.3 Å². The Labute approximate surface area is 367 Å². The van der Waals surface area contributed by atoms with Gasteiger partial charge >= 0.3 is 0 Å². The lowest BCUT2D eigenvalue weighted by molar-refractivity contribution is 0.635. The molecule has 63 heavy (non-hydrogen) atoms. The molecule has 1 atom stereocenters. The molecule has 0 saturated carbocycles. The van der Waals surface area contributed by atoms with Crippen LogP contribution in [0.2, 0.25) is 0 Å². The molecule has 0 spiro atoms. The van der Waals surface area contributed by atoms with Gasteiger partial charge in [-0.3, -0.25) is 0 Å². The number of allylic oxidation sites excluding steroid dienone is 8. The zero-order valence-electron chi connectivity index (χ0n) is 36.2. The van der Waals surface area contributed by atoms with E-state index in [1.807, 2.05) is 0 Å². The van der Waals surface area contributed by atoms with Crippen molar-refractivity contribution in [2.45, 2.75) is 63.8 Å². The summed E-state index contributed by atoms with van der Waals surface area (Å²) in [6, 6.07) is 55.3. The van der Waals surface area contributed by atoms with E-state index in [9.17, 15) is 0 Å². The molecule has 3 aromatic heterocycles. The first-order valence-electron chi connectivity index (χ1n) is 22.8. The molecule has 3 heteroatoms. The lowest BCUT2D eigenvalue weighted by Crippen LogP contribution is -2.18. The number of hydrogen-bond acceptors (Lipinski definition) is 0. The maximum absolute atomic E-state index is 2.75. The molecule has 4 aliphatic rings. The second-order valence-electron chi connectivity index (χ2n) is 19.6. The summed E-state index contributed by atoms with van der Waals surface area (Å²) >= 11 is 0. The Morgan fingerprint density at radius 1 is 0.476 bits per heavy atom. The van der Waals surface area contributed by atoms with E-state index in [-0.39, 0.29) is 16.9 Å². The first-order chi connectivity index (χ1) is 30.8. The normalized spacial score (nSPS) is 18.4. The van der Waals surface area contributed by atoms with Crippen molar-refractivity contribution in [2.75, 3.05) is 0 Å². The fourth-order valence-corrected chi connectivity index (χ4v) is 12.7. The topological polar surface area (TPSA) is 14.8 Å². The Bertz CT molecular complexity index is 3720. The van der Waals surface area contributed by atoms with Crippen LogP contribution in [0, 0.1) is 0 Å². The molecule has 0 N–H and O–H groups in total. The van der Waals surface area contributed by atoms with Crippen LogP contribution in [-0.4, -0.2) is 13.7 Å². The molecule has 3 heterocycles. The average molecular weight is 810 g/mol. The Morgan fingerprint density at radius 3 is 1.62 bits per heavy atom. The van der Waals surface area contributed by atoms with Crippen LogP contribution in [-0.2, 0) is 10.8 Å². The maximum Gasteiger partial charge on any atom is 0.0600 e. The fraction of sp³-hybridized carbons (Fsp3) is 0.167. The zero-order chi connectivity index (χ0) is 41.9. The molecule has 4 aliphatic carbocycles. The fourth-order valence-electron chi connectivity index (χ4n) is 12.7. The summed E-state index contributed by atoms with van der Waals surface area (Å²) in [6.07, 6.45) is 12.9. The van der Waals surface area contributed by atoms with E-state index in [1.54, 1.807) is 0 Å². The van der Waals surface area contributed by atoms with Gasteiger partial charge in [-0.25, -0.2) is 0 Å². The highest BCUT2D eigenvalue weighted by molar-refractivity contribution is 6.14.